The fourth-order valence-electron chi connectivity index (χ4n) is 1.66. The van der Waals surface area contributed by atoms with Crippen molar-refractivity contribution in [2.75, 3.05) is 11.9 Å². The van der Waals surface area contributed by atoms with Crippen LogP contribution in [0.25, 0.3) is 0 Å². The van der Waals surface area contributed by atoms with Gasteiger partial charge in [-0.2, -0.15) is 5.10 Å². The summed E-state index contributed by atoms with van der Waals surface area (Å²) in [6, 6.07) is 8.94. The molecule has 0 aliphatic carbocycles. The van der Waals surface area contributed by atoms with Crippen LogP contribution in [0.2, 0.25) is 0 Å². The number of hydrogen-bond donors (Lipinski definition) is 1. The molecule has 5 heteroatoms. The minimum atomic E-state index is -0.115. The number of aromatic nitrogens is 3. The first-order chi connectivity index (χ1) is 8.69. The quantitative estimate of drug-likeness (QED) is 0.883. The molecule has 2 aromatic heterocycles. The number of aryl methyl sites for hydroxylation is 1. The smallest absolute Gasteiger partial charge is 0.267 e. The predicted octanol–water partition coefficient (Wildman–Crippen LogP) is 1.43. The van der Waals surface area contributed by atoms with E-state index in [0.717, 1.165) is 23.8 Å². The highest BCUT2D eigenvalue weighted by molar-refractivity contribution is 5.35. The standard InChI is InChI=1S/C13H16N4O/c1-3-14-12-6-4-5-11(15-12)9-17-13(18)8-7-10(2)16-17/h4-8H,3,9H2,1-2H3,(H,14,15). The van der Waals surface area contributed by atoms with Crippen molar-refractivity contribution in [3.05, 3.63) is 52.1 Å². The van der Waals surface area contributed by atoms with Crippen molar-refractivity contribution < 1.29 is 0 Å². The van der Waals surface area contributed by atoms with Crippen LogP contribution in [-0.4, -0.2) is 21.3 Å². The van der Waals surface area contributed by atoms with Gasteiger partial charge < -0.3 is 5.32 Å². The van der Waals surface area contributed by atoms with Crippen molar-refractivity contribution in [3.8, 4) is 0 Å². The van der Waals surface area contributed by atoms with Gasteiger partial charge in [-0.15, -0.1) is 0 Å². The zero-order valence-corrected chi connectivity index (χ0v) is 10.6. The molecule has 0 saturated heterocycles. The van der Waals surface area contributed by atoms with E-state index in [1.54, 1.807) is 6.07 Å². The van der Waals surface area contributed by atoms with Gasteiger partial charge >= 0.3 is 0 Å². The molecule has 1 N–H and O–H groups in total. The van der Waals surface area contributed by atoms with Gasteiger partial charge in [0.15, 0.2) is 0 Å². The minimum Gasteiger partial charge on any atom is -0.370 e. The topological polar surface area (TPSA) is 59.8 Å². The number of nitrogens with one attached hydrogen (secondary N) is 1. The van der Waals surface area contributed by atoms with Gasteiger partial charge in [0.25, 0.3) is 5.56 Å². The van der Waals surface area contributed by atoms with Crippen LogP contribution >= 0.6 is 0 Å². The van der Waals surface area contributed by atoms with Gasteiger partial charge in [0.1, 0.15) is 5.82 Å². The second-order valence-electron chi connectivity index (χ2n) is 4.02. The van der Waals surface area contributed by atoms with E-state index in [1.165, 1.54) is 10.7 Å². The normalized spacial score (nSPS) is 10.3. The van der Waals surface area contributed by atoms with E-state index >= 15 is 0 Å². The Bertz CT molecular complexity index is 592. The molecule has 0 aromatic carbocycles. The first-order valence-electron chi connectivity index (χ1n) is 5.93. The number of hydrogen-bond acceptors (Lipinski definition) is 4. The van der Waals surface area contributed by atoms with Crippen molar-refractivity contribution in [3.63, 3.8) is 0 Å². The largest absolute Gasteiger partial charge is 0.370 e. The summed E-state index contributed by atoms with van der Waals surface area (Å²) in [4.78, 5) is 16.1. The zero-order valence-electron chi connectivity index (χ0n) is 10.6. The molecule has 0 atom stereocenters. The van der Waals surface area contributed by atoms with E-state index in [-0.39, 0.29) is 5.56 Å². The molecule has 2 rings (SSSR count). The first kappa shape index (κ1) is 12.3. The zero-order chi connectivity index (χ0) is 13.0. The Kier molecular flexibility index (Phi) is 3.72. The Morgan fingerprint density at radius 3 is 2.89 bits per heavy atom. The Morgan fingerprint density at radius 2 is 2.11 bits per heavy atom. The fourth-order valence-corrected chi connectivity index (χ4v) is 1.66. The third-order valence-electron chi connectivity index (χ3n) is 2.48. The van der Waals surface area contributed by atoms with Crippen LogP contribution in [0.4, 0.5) is 5.82 Å². The van der Waals surface area contributed by atoms with Crippen molar-refractivity contribution in [1.29, 1.82) is 0 Å². The summed E-state index contributed by atoms with van der Waals surface area (Å²) in [5.74, 6) is 0.815. The number of pyridine rings is 1. The van der Waals surface area contributed by atoms with E-state index in [9.17, 15) is 4.79 Å². The van der Waals surface area contributed by atoms with E-state index in [0.29, 0.717) is 6.54 Å². The molecular weight excluding hydrogens is 228 g/mol. The number of rotatable bonds is 4. The van der Waals surface area contributed by atoms with Crippen LogP contribution < -0.4 is 10.9 Å². The monoisotopic (exact) mass is 244 g/mol. The van der Waals surface area contributed by atoms with Crippen LogP contribution in [-0.2, 0) is 6.54 Å². The summed E-state index contributed by atoms with van der Waals surface area (Å²) in [5, 5.41) is 7.33. The minimum absolute atomic E-state index is 0.115. The van der Waals surface area contributed by atoms with E-state index in [2.05, 4.69) is 15.4 Å². The highest BCUT2D eigenvalue weighted by Crippen LogP contribution is 2.05. The molecule has 0 spiro atoms. The lowest BCUT2D eigenvalue weighted by Crippen LogP contribution is -2.23. The van der Waals surface area contributed by atoms with Crippen LogP contribution in [0, 0.1) is 6.92 Å². The van der Waals surface area contributed by atoms with Gasteiger partial charge in [0.2, 0.25) is 0 Å². The van der Waals surface area contributed by atoms with Crippen LogP contribution in [0.5, 0.6) is 0 Å². The van der Waals surface area contributed by atoms with Gasteiger partial charge in [-0.1, -0.05) is 6.07 Å². The van der Waals surface area contributed by atoms with Gasteiger partial charge in [-0.05, 0) is 32.0 Å². The van der Waals surface area contributed by atoms with Crippen LogP contribution in [0.3, 0.4) is 0 Å². The maximum absolute atomic E-state index is 11.6. The van der Waals surface area contributed by atoms with Crippen LogP contribution in [0.15, 0.2) is 35.1 Å². The van der Waals surface area contributed by atoms with E-state index < -0.39 is 0 Å². The van der Waals surface area contributed by atoms with Gasteiger partial charge in [-0.25, -0.2) is 9.67 Å². The van der Waals surface area contributed by atoms with E-state index in [1.807, 2.05) is 32.0 Å². The summed E-state index contributed by atoms with van der Waals surface area (Å²) in [5.41, 5.74) is 1.52. The second-order valence-corrected chi connectivity index (χ2v) is 4.02. The van der Waals surface area contributed by atoms with Crippen LogP contribution in [0.1, 0.15) is 18.3 Å². The second kappa shape index (κ2) is 5.44. The summed E-state index contributed by atoms with van der Waals surface area (Å²) in [7, 11) is 0. The number of anilines is 1. The summed E-state index contributed by atoms with van der Waals surface area (Å²) < 4.78 is 1.42. The SMILES string of the molecule is CCNc1cccc(Cn2nc(C)ccc2=O)n1. The molecule has 0 amide bonds. The number of nitrogens with zero attached hydrogens (tertiary/aromatic N) is 3. The molecule has 94 valence electrons. The van der Waals surface area contributed by atoms with Crippen molar-refractivity contribution >= 4 is 5.82 Å². The first-order valence-corrected chi connectivity index (χ1v) is 5.93. The summed E-state index contributed by atoms with van der Waals surface area (Å²) >= 11 is 0. The predicted molar refractivity (Wildman–Crippen MR) is 70.7 cm³/mol. The molecular formula is C13H16N4O. The maximum Gasteiger partial charge on any atom is 0.267 e. The highest BCUT2D eigenvalue weighted by Gasteiger charge is 2.02. The molecule has 2 heterocycles. The Morgan fingerprint density at radius 1 is 1.28 bits per heavy atom. The lowest BCUT2D eigenvalue weighted by molar-refractivity contribution is 0.618. The molecule has 2 aromatic rings. The molecule has 0 saturated carbocycles. The van der Waals surface area contributed by atoms with Crippen molar-refractivity contribution in [1.82, 2.24) is 14.8 Å². The Balaban J connectivity index is 2.25. The van der Waals surface area contributed by atoms with Gasteiger partial charge in [-0.3, -0.25) is 4.79 Å². The Labute approximate surface area is 105 Å². The molecule has 0 radical (unpaired) electrons. The molecule has 0 fully saturated rings. The average molecular weight is 244 g/mol. The molecule has 0 bridgehead atoms. The van der Waals surface area contributed by atoms with Crippen molar-refractivity contribution in [2.45, 2.75) is 20.4 Å². The van der Waals surface area contributed by atoms with Crippen molar-refractivity contribution in [2.24, 2.45) is 0 Å². The molecule has 5 nitrogen and oxygen atoms in total. The van der Waals surface area contributed by atoms with Gasteiger partial charge in [0.05, 0.1) is 17.9 Å². The lowest BCUT2D eigenvalue weighted by atomic mass is 10.3. The molecule has 0 aliphatic rings. The molecule has 0 unspecified atom stereocenters. The highest BCUT2D eigenvalue weighted by atomic mass is 16.1. The summed E-state index contributed by atoms with van der Waals surface area (Å²) in [6.07, 6.45) is 0. The lowest BCUT2D eigenvalue weighted by Gasteiger charge is -2.07. The van der Waals surface area contributed by atoms with Gasteiger partial charge in [0, 0.05) is 12.6 Å². The average Bonchev–Trinajstić information content (AvgIpc) is 2.35. The summed E-state index contributed by atoms with van der Waals surface area (Å²) in [6.45, 7) is 5.08. The fraction of sp³-hybridized carbons (Fsp3) is 0.308. The third-order valence-corrected chi connectivity index (χ3v) is 2.48. The molecule has 0 aliphatic heterocycles. The Hall–Kier alpha value is -2.17. The third kappa shape index (κ3) is 2.94. The van der Waals surface area contributed by atoms with E-state index in [4.69, 9.17) is 0 Å². The molecule has 18 heavy (non-hydrogen) atoms. The maximum atomic E-state index is 11.6.